The van der Waals surface area contributed by atoms with Crippen molar-refractivity contribution in [1.82, 2.24) is 4.98 Å². The van der Waals surface area contributed by atoms with E-state index in [2.05, 4.69) is 4.98 Å². The molecule has 1 unspecified atom stereocenters. The van der Waals surface area contributed by atoms with Gasteiger partial charge in [-0.3, -0.25) is 0 Å². The predicted octanol–water partition coefficient (Wildman–Crippen LogP) is 3.45. The third kappa shape index (κ3) is 3.62. The molecule has 0 radical (unpaired) electrons. The van der Waals surface area contributed by atoms with Gasteiger partial charge in [-0.25, -0.2) is 4.98 Å². The molecule has 0 saturated heterocycles. The molecule has 3 nitrogen and oxygen atoms in total. The number of aromatic nitrogens is 1. The Morgan fingerprint density at radius 2 is 2.16 bits per heavy atom. The molecule has 0 aliphatic carbocycles. The largest absolute Gasteiger partial charge is 0.387 e. The highest BCUT2D eigenvalue weighted by atomic mass is 35.5. The van der Waals surface area contributed by atoms with Gasteiger partial charge in [-0.05, 0) is 24.6 Å². The number of hydrogen-bond donors (Lipinski definition) is 2. The number of thioether (sulfide) groups is 1. The zero-order chi connectivity index (χ0) is 13.8. The van der Waals surface area contributed by atoms with Crippen molar-refractivity contribution in [3.05, 3.63) is 52.7 Å². The maximum atomic E-state index is 10.2. The lowest BCUT2D eigenvalue weighted by Crippen LogP contribution is -2.06. The topological polar surface area (TPSA) is 59.1 Å². The van der Waals surface area contributed by atoms with Crippen LogP contribution in [0.25, 0.3) is 0 Å². The van der Waals surface area contributed by atoms with Gasteiger partial charge in [0.15, 0.2) is 0 Å². The van der Waals surface area contributed by atoms with Gasteiger partial charge < -0.3 is 10.8 Å². The number of aryl methyl sites for hydroxylation is 1. The van der Waals surface area contributed by atoms with Crippen molar-refractivity contribution in [2.24, 2.45) is 0 Å². The summed E-state index contributed by atoms with van der Waals surface area (Å²) >= 11 is 7.46. The van der Waals surface area contributed by atoms with Crippen LogP contribution in [0.2, 0.25) is 5.02 Å². The van der Waals surface area contributed by atoms with Gasteiger partial charge in [-0.2, -0.15) is 0 Å². The van der Waals surface area contributed by atoms with Crippen LogP contribution in [0.3, 0.4) is 0 Å². The van der Waals surface area contributed by atoms with Crippen LogP contribution in [0.5, 0.6) is 0 Å². The molecular weight excluding hydrogens is 280 g/mol. The van der Waals surface area contributed by atoms with Crippen molar-refractivity contribution < 1.29 is 5.11 Å². The molecule has 0 bridgehead atoms. The number of hydrogen-bond acceptors (Lipinski definition) is 4. The normalized spacial score (nSPS) is 12.4. The van der Waals surface area contributed by atoms with Gasteiger partial charge in [0.1, 0.15) is 5.82 Å². The van der Waals surface area contributed by atoms with Crippen LogP contribution in [0.4, 0.5) is 5.82 Å². The lowest BCUT2D eigenvalue weighted by Gasteiger charge is -2.13. The Morgan fingerprint density at radius 3 is 2.89 bits per heavy atom. The summed E-state index contributed by atoms with van der Waals surface area (Å²) in [6.45, 7) is 2.05. The standard InChI is InChI=1S/C14H15ClN2OS/c1-9-4-2-3-5-13(9)19-8-12(18)11-6-10(15)7-17-14(11)16/h2-7,12,18H,8H2,1H3,(H2,16,17). The lowest BCUT2D eigenvalue weighted by molar-refractivity contribution is 0.204. The minimum Gasteiger partial charge on any atom is -0.387 e. The van der Waals surface area contributed by atoms with Crippen molar-refractivity contribution >= 4 is 29.2 Å². The molecule has 1 heterocycles. The highest BCUT2D eigenvalue weighted by Crippen LogP contribution is 2.29. The van der Waals surface area contributed by atoms with E-state index in [4.69, 9.17) is 17.3 Å². The van der Waals surface area contributed by atoms with E-state index in [1.807, 2.05) is 31.2 Å². The third-order valence-corrected chi connectivity index (χ3v) is 4.22. The van der Waals surface area contributed by atoms with Gasteiger partial charge in [-0.15, -0.1) is 11.8 Å². The second-order valence-corrected chi connectivity index (χ2v) is 5.72. The number of aliphatic hydroxyl groups excluding tert-OH is 1. The number of nitrogens with zero attached hydrogens (tertiary/aromatic N) is 1. The van der Waals surface area contributed by atoms with E-state index < -0.39 is 6.10 Å². The van der Waals surface area contributed by atoms with Crippen LogP contribution in [0.1, 0.15) is 17.2 Å². The number of aliphatic hydroxyl groups is 1. The SMILES string of the molecule is Cc1ccccc1SCC(O)c1cc(Cl)cnc1N. The molecule has 100 valence electrons. The van der Waals surface area contributed by atoms with Crippen molar-refractivity contribution in [3.8, 4) is 0 Å². The van der Waals surface area contributed by atoms with Crippen molar-refractivity contribution in [3.63, 3.8) is 0 Å². The maximum absolute atomic E-state index is 10.2. The fourth-order valence-electron chi connectivity index (χ4n) is 1.71. The number of nitrogen functional groups attached to an aromatic ring is 1. The molecule has 2 rings (SSSR count). The number of halogens is 1. The molecule has 0 fully saturated rings. The zero-order valence-electron chi connectivity index (χ0n) is 10.5. The molecule has 1 atom stereocenters. The third-order valence-electron chi connectivity index (χ3n) is 2.77. The Morgan fingerprint density at radius 1 is 1.42 bits per heavy atom. The average Bonchev–Trinajstić information content (AvgIpc) is 2.40. The fourth-order valence-corrected chi connectivity index (χ4v) is 2.86. The van der Waals surface area contributed by atoms with Gasteiger partial charge in [-0.1, -0.05) is 29.8 Å². The molecule has 0 aliphatic heterocycles. The molecule has 2 aromatic rings. The summed E-state index contributed by atoms with van der Waals surface area (Å²) in [5, 5.41) is 10.7. The first-order valence-corrected chi connectivity index (χ1v) is 7.21. The van der Waals surface area contributed by atoms with Crippen LogP contribution in [-0.4, -0.2) is 15.8 Å². The molecule has 0 amide bonds. The number of nitrogens with two attached hydrogens (primary N) is 1. The molecule has 1 aromatic heterocycles. The van der Waals surface area contributed by atoms with E-state index in [0.717, 1.165) is 4.90 Å². The first-order chi connectivity index (χ1) is 9.08. The Hall–Kier alpha value is -1.23. The predicted molar refractivity (Wildman–Crippen MR) is 80.5 cm³/mol. The minimum atomic E-state index is -0.684. The monoisotopic (exact) mass is 294 g/mol. The van der Waals surface area contributed by atoms with E-state index in [1.165, 1.54) is 11.8 Å². The first kappa shape index (κ1) is 14.2. The molecule has 0 saturated carbocycles. The summed E-state index contributed by atoms with van der Waals surface area (Å²) in [5.74, 6) is 0.833. The Labute approximate surface area is 121 Å². The molecule has 3 N–H and O–H groups in total. The molecule has 0 spiro atoms. The van der Waals surface area contributed by atoms with Gasteiger partial charge >= 0.3 is 0 Å². The van der Waals surface area contributed by atoms with Gasteiger partial charge in [0.05, 0.1) is 11.1 Å². The summed E-state index contributed by atoms with van der Waals surface area (Å²) < 4.78 is 0. The highest BCUT2D eigenvalue weighted by Gasteiger charge is 2.13. The quantitative estimate of drug-likeness (QED) is 0.848. The summed E-state index contributed by atoms with van der Waals surface area (Å²) in [7, 11) is 0. The number of benzene rings is 1. The van der Waals surface area contributed by atoms with Crippen molar-refractivity contribution in [1.29, 1.82) is 0 Å². The second kappa shape index (κ2) is 6.28. The zero-order valence-corrected chi connectivity index (χ0v) is 12.1. The van der Waals surface area contributed by atoms with Crippen molar-refractivity contribution in [2.45, 2.75) is 17.9 Å². The number of rotatable bonds is 4. The summed E-state index contributed by atoms with van der Waals surface area (Å²) in [5.41, 5.74) is 7.52. The van der Waals surface area contributed by atoms with Crippen molar-refractivity contribution in [2.75, 3.05) is 11.5 Å². The Kier molecular flexibility index (Phi) is 4.69. The van der Waals surface area contributed by atoms with Crippen LogP contribution in [-0.2, 0) is 0 Å². The van der Waals surface area contributed by atoms with E-state index in [-0.39, 0.29) is 0 Å². The number of pyridine rings is 1. The Bertz CT molecular complexity index is 577. The molecule has 1 aromatic carbocycles. The van der Waals surface area contributed by atoms with E-state index >= 15 is 0 Å². The molecular formula is C14H15ClN2OS. The smallest absolute Gasteiger partial charge is 0.129 e. The second-order valence-electron chi connectivity index (χ2n) is 4.22. The lowest BCUT2D eigenvalue weighted by atomic mass is 10.1. The summed E-state index contributed by atoms with van der Waals surface area (Å²) in [6, 6.07) is 9.72. The molecule has 19 heavy (non-hydrogen) atoms. The molecule has 0 aliphatic rings. The number of anilines is 1. The molecule has 5 heteroatoms. The first-order valence-electron chi connectivity index (χ1n) is 5.85. The van der Waals surface area contributed by atoms with Gasteiger partial charge in [0, 0.05) is 22.4 Å². The van der Waals surface area contributed by atoms with Crippen LogP contribution < -0.4 is 5.73 Å². The van der Waals surface area contributed by atoms with Gasteiger partial charge in [0.2, 0.25) is 0 Å². The van der Waals surface area contributed by atoms with Crippen LogP contribution in [0, 0.1) is 6.92 Å². The van der Waals surface area contributed by atoms with E-state index in [1.54, 1.807) is 17.8 Å². The Balaban J connectivity index is 2.07. The maximum Gasteiger partial charge on any atom is 0.129 e. The fraction of sp³-hybridized carbons (Fsp3) is 0.214. The van der Waals surface area contributed by atoms with Crippen LogP contribution >= 0.6 is 23.4 Å². The highest BCUT2D eigenvalue weighted by molar-refractivity contribution is 7.99. The van der Waals surface area contributed by atoms with Gasteiger partial charge in [0.25, 0.3) is 0 Å². The average molecular weight is 295 g/mol. The minimum absolute atomic E-state index is 0.322. The van der Waals surface area contributed by atoms with E-state index in [0.29, 0.717) is 22.2 Å². The summed E-state index contributed by atoms with van der Waals surface area (Å²) in [4.78, 5) is 5.10. The van der Waals surface area contributed by atoms with Crippen LogP contribution in [0.15, 0.2) is 41.4 Å². The van der Waals surface area contributed by atoms with E-state index in [9.17, 15) is 5.11 Å². The summed E-state index contributed by atoms with van der Waals surface area (Å²) in [6.07, 6.45) is 0.789.